The van der Waals surface area contributed by atoms with Crippen LogP contribution in [0.15, 0.2) is 35.7 Å². The quantitative estimate of drug-likeness (QED) is 0.411. The number of aryl methyl sites for hydroxylation is 1. The number of sulfonamides is 1. The first-order valence-electron chi connectivity index (χ1n) is 7.55. The van der Waals surface area contributed by atoms with E-state index >= 15 is 0 Å². The van der Waals surface area contributed by atoms with Crippen molar-refractivity contribution in [2.45, 2.75) is 24.8 Å². The molecule has 1 aromatic rings. The Morgan fingerprint density at radius 2 is 2.08 bits per heavy atom. The average Bonchev–Trinajstić information content (AvgIpc) is 2.53. The highest BCUT2D eigenvalue weighted by Gasteiger charge is 2.23. The molecule has 0 fully saturated rings. The SMILES string of the molecule is C=CCOCC(NC(=O)c1cc(S(=O)(=O)NCC)ccc1C)C(=O)O. The van der Waals surface area contributed by atoms with Crippen molar-refractivity contribution in [1.82, 2.24) is 10.0 Å². The average molecular weight is 370 g/mol. The second kappa shape index (κ2) is 9.30. The van der Waals surface area contributed by atoms with Crippen LogP contribution in [-0.2, 0) is 19.6 Å². The monoisotopic (exact) mass is 370 g/mol. The van der Waals surface area contributed by atoms with Gasteiger partial charge in [0.2, 0.25) is 10.0 Å². The van der Waals surface area contributed by atoms with E-state index < -0.39 is 27.9 Å². The first kappa shape index (κ1) is 20.8. The molecule has 1 aromatic carbocycles. The summed E-state index contributed by atoms with van der Waals surface area (Å²) in [5, 5.41) is 11.5. The molecule has 0 aliphatic carbocycles. The van der Waals surface area contributed by atoms with Gasteiger partial charge in [-0.05, 0) is 24.6 Å². The minimum atomic E-state index is -3.73. The molecule has 138 valence electrons. The lowest BCUT2D eigenvalue weighted by Crippen LogP contribution is -2.44. The lowest BCUT2D eigenvalue weighted by Gasteiger charge is -2.16. The van der Waals surface area contributed by atoms with Crippen molar-refractivity contribution in [3.8, 4) is 0 Å². The number of nitrogens with one attached hydrogen (secondary N) is 2. The fourth-order valence-electron chi connectivity index (χ4n) is 1.97. The Morgan fingerprint density at radius 1 is 1.40 bits per heavy atom. The first-order chi connectivity index (χ1) is 11.7. The lowest BCUT2D eigenvalue weighted by atomic mass is 10.1. The molecule has 0 aliphatic heterocycles. The minimum absolute atomic E-state index is 0.0696. The van der Waals surface area contributed by atoms with Crippen molar-refractivity contribution in [3.63, 3.8) is 0 Å². The van der Waals surface area contributed by atoms with Crippen molar-refractivity contribution in [2.24, 2.45) is 0 Å². The van der Waals surface area contributed by atoms with Crippen molar-refractivity contribution in [1.29, 1.82) is 0 Å². The Kier molecular flexibility index (Phi) is 7.75. The standard InChI is InChI=1S/C16H22N2O6S/c1-4-8-24-10-14(16(20)21)18-15(19)13-9-12(7-6-11(13)3)25(22,23)17-5-2/h4,6-7,9,14,17H,1,5,8,10H2,2-3H3,(H,18,19)(H,20,21). The molecule has 0 radical (unpaired) electrons. The second-order valence-electron chi connectivity index (χ2n) is 5.17. The molecular formula is C16H22N2O6S. The molecule has 0 saturated carbocycles. The van der Waals surface area contributed by atoms with Gasteiger partial charge in [0.25, 0.3) is 5.91 Å². The van der Waals surface area contributed by atoms with Gasteiger partial charge in [0.15, 0.2) is 6.04 Å². The number of carboxylic acid groups (broad SMARTS) is 1. The van der Waals surface area contributed by atoms with Crippen LogP contribution >= 0.6 is 0 Å². The Hall–Kier alpha value is -2.23. The molecule has 1 amide bonds. The van der Waals surface area contributed by atoms with Gasteiger partial charge in [-0.15, -0.1) is 6.58 Å². The smallest absolute Gasteiger partial charge is 0.328 e. The molecular weight excluding hydrogens is 348 g/mol. The van der Waals surface area contributed by atoms with Crippen molar-refractivity contribution in [3.05, 3.63) is 42.0 Å². The summed E-state index contributed by atoms with van der Waals surface area (Å²) >= 11 is 0. The molecule has 1 atom stereocenters. The normalized spacial score (nSPS) is 12.4. The zero-order chi connectivity index (χ0) is 19.0. The van der Waals surface area contributed by atoms with Gasteiger partial charge in [0.1, 0.15) is 0 Å². The summed E-state index contributed by atoms with van der Waals surface area (Å²) in [6, 6.07) is 2.82. The molecule has 0 aromatic heterocycles. The van der Waals surface area contributed by atoms with Crippen molar-refractivity contribution in [2.75, 3.05) is 19.8 Å². The van der Waals surface area contributed by atoms with E-state index in [1.165, 1.54) is 24.3 Å². The summed E-state index contributed by atoms with van der Waals surface area (Å²) < 4.78 is 31.5. The minimum Gasteiger partial charge on any atom is -0.480 e. The van der Waals surface area contributed by atoms with Gasteiger partial charge in [-0.1, -0.05) is 19.1 Å². The number of benzene rings is 1. The van der Waals surface area contributed by atoms with Crippen LogP contribution in [0.4, 0.5) is 0 Å². The molecule has 0 saturated heterocycles. The molecule has 1 rings (SSSR count). The van der Waals surface area contributed by atoms with Crippen LogP contribution in [0, 0.1) is 6.92 Å². The topological polar surface area (TPSA) is 122 Å². The van der Waals surface area contributed by atoms with E-state index in [2.05, 4.69) is 16.6 Å². The Bertz CT molecular complexity index is 745. The molecule has 25 heavy (non-hydrogen) atoms. The molecule has 0 spiro atoms. The third-order valence-electron chi connectivity index (χ3n) is 3.22. The summed E-state index contributed by atoms with van der Waals surface area (Å²) in [4.78, 5) is 23.5. The van der Waals surface area contributed by atoms with E-state index in [-0.39, 0.29) is 30.2 Å². The van der Waals surface area contributed by atoms with Crippen LogP contribution in [0.5, 0.6) is 0 Å². The number of hydrogen-bond acceptors (Lipinski definition) is 5. The van der Waals surface area contributed by atoms with E-state index in [0.717, 1.165) is 0 Å². The zero-order valence-corrected chi connectivity index (χ0v) is 14.9. The number of ether oxygens (including phenoxy) is 1. The van der Waals surface area contributed by atoms with Gasteiger partial charge >= 0.3 is 5.97 Å². The van der Waals surface area contributed by atoms with Gasteiger partial charge in [-0.25, -0.2) is 17.9 Å². The molecule has 0 heterocycles. The predicted molar refractivity (Wildman–Crippen MR) is 91.9 cm³/mol. The third kappa shape index (κ3) is 5.96. The largest absolute Gasteiger partial charge is 0.480 e. The van der Waals surface area contributed by atoms with Crippen LogP contribution in [0.1, 0.15) is 22.8 Å². The Morgan fingerprint density at radius 3 is 2.64 bits per heavy atom. The zero-order valence-electron chi connectivity index (χ0n) is 14.1. The Balaban J connectivity index is 3.03. The number of amides is 1. The fourth-order valence-corrected chi connectivity index (χ4v) is 3.03. The van der Waals surface area contributed by atoms with Crippen LogP contribution in [0.3, 0.4) is 0 Å². The third-order valence-corrected chi connectivity index (χ3v) is 4.77. The maximum atomic E-state index is 12.4. The number of hydrogen-bond donors (Lipinski definition) is 3. The van der Waals surface area contributed by atoms with Gasteiger partial charge in [0.05, 0.1) is 18.1 Å². The summed E-state index contributed by atoms with van der Waals surface area (Å²) in [6.07, 6.45) is 1.46. The second-order valence-corrected chi connectivity index (χ2v) is 6.94. The highest BCUT2D eigenvalue weighted by molar-refractivity contribution is 7.89. The maximum Gasteiger partial charge on any atom is 0.328 e. The summed E-state index contributed by atoms with van der Waals surface area (Å²) in [5.74, 6) is -1.95. The Labute approximate surface area is 146 Å². The van der Waals surface area contributed by atoms with Crippen LogP contribution in [-0.4, -0.2) is 51.2 Å². The first-order valence-corrected chi connectivity index (χ1v) is 9.03. The predicted octanol–water partition coefficient (Wildman–Crippen LogP) is 0.679. The molecule has 0 bridgehead atoms. The van der Waals surface area contributed by atoms with E-state index in [0.29, 0.717) is 5.56 Å². The van der Waals surface area contributed by atoms with E-state index in [4.69, 9.17) is 9.84 Å². The highest BCUT2D eigenvalue weighted by Crippen LogP contribution is 2.16. The van der Waals surface area contributed by atoms with Gasteiger partial charge in [0, 0.05) is 12.1 Å². The summed E-state index contributed by atoms with van der Waals surface area (Å²) in [5.41, 5.74) is 0.595. The van der Waals surface area contributed by atoms with Crippen molar-refractivity contribution < 1.29 is 27.9 Å². The number of carbonyl (C=O) groups is 2. The molecule has 9 heteroatoms. The van der Waals surface area contributed by atoms with Crippen LogP contribution < -0.4 is 10.0 Å². The van der Waals surface area contributed by atoms with Gasteiger partial charge in [-0.2, -0.15) is 0 Å². The van der Waals surface area contributed by atoms with Gasteiger partial charge < -0.3 is 15.2 Å². The molecule has 3 N–H and O–H groups in total. The van der Waals surface area contributed by atoms with E-state index in [1.807, 2.05) is 0 Å². The highest BCUT2D eigenvalue weighted by atomic mass is 32.2. The van der Waals surface area contributed by atoms with Crippen LogP contribution in [0.2, 0.25) is 0 Å². The van der Waals surface area contributed by atoms with Crippen molar-refractivity contribution >= 4 is 21.9 Å². The lowest BCUT2D eigenvalue weighted by molar-refractivity contribution is -0.140. The molecule has 0 aliphatic rings. The molecule has 1 unspecified atom stereocenters. The number of aliphatic carboxylic acids is 1. The summed E-state index contributed by atoms with van der Waals surface area (Å²) in [6.45, 7) is 6.84. The molecule has 8 nitrogen and oxygen atoms in total. The number of rotatable bonds is 10. The van der Waals surface area contributed by atoms with Gasteiger partial charge in [-0.3, -0.25) is 4.79 Å². The van der Waals surface area contributed by atoms with Crippen LogP contribution in [0.25, 0.3) is 0 Å². The number of carboxylic acids is 1. The van der Waals surface area contributed by atoms with E-state index in [9.17, 15) is 18.0 Å². The van der Waals surface area contributed by atoms with E-state index in [1.54, 1.807) is 13.8 Å². The maximum absolute atomic E-state index is 12.4. The summed E-state index contributed by atoms with van der Waals surface area (Å²) in [7, 11) is -3.73. The number of carbonyl (C=O) groups excluding carboxylic acids is 1. The fraction of sp³-hybridized carbons (Fsp3) is 0.375.